The molecule has 2 aromatic carbocycles. The van der Waals surface area contributed by atoms with E-state index in [1.165, 1.54) is 0 Å². The highest BCUT2D eigenvalue weighted by Crippen LogP contribution is 2.37. The summed E-state index contributed by atoms with van der Waals surface area (Å²) in [6, 6.07) is 11.1. The molecule has 0 unspecified atom stereocenters. The Kier molecular flexibility index (Phi) is 2.68. The first-order chi connectivity index (χ1) is 9.01. The minimum Gasteiger partial charge on any atom is -0.321 e. The Labute approximate surface area is 111 Å². The Morgan fingerprint density at radius 1 is 0.947 bits per heavy atom. The molecule has 0 heterocycles. The minimum atomic E-state index is -0.845. The quantitative estimate of drug-likeness (QED) is 0.836. The van der Waals surface area contributed by atoms with Gasteiger partial charge in [0.25, 0.3) is 0 Å². The molecule has 98 valence electrons. The standard InChI is InChI=1S/C16H15F2N/c1-10-6-7-13(15(18)14(10)17)16(19)8-11-4-2-3-5-12(11)9-16/h2-7H,8-9,19H2,1H3. The van der Waals surface area contributed by atoms with Crippen LogP contribution >= 0.6 is 0 Å². The van der Waals surface area contributed by atoms with Crippen molar-refractivity contribution in [2.24, 2.45) is 5.73 Å². The largest absolute Gasteiger partial charge is 0.321 e. The first-order valence-electron chi connectivity index (χ1n) is 6.32. The zero-order valence-electron chi connectivity index (χ0n) is 10.7. The van der Waals surface area contributed by atoms with Gasteiger partial charge in [0.05, 0.1) is 5.54 Å². The molecule has 2 N–H and O–H groups in total. The average molecular weight is 259 g/mol. The van der Waals surface area contributed by atoms with Gasteiger partial charge in [0, 0.05) is 5.56 Å². The fraction of sp³-hybridized carbons (Fsp3) is 0.250. The van der Waals surface area contributed by atoms with Crippen LogP contribution in [0, 0.1) is 18.6 Å². The Morgan fingerprint density at radius 2 is 1.53 bits per heavy atom. The summed E-state index contributed by atoms with van der Waals surface area (Å²) in [7, 11) is 0. The molecule has 19 heavy (non-hydrogen) atoms. The fourth-order valence-corrected chi connectivity index (χ4v) is 2.87. The maximum atomic E-state index is 14.1. The number of rotatable bonds is 1. The molecule has 3 rings (SSSR count). The summed E-state index contributed by atoms with van der Waals surface area (Å²) in [5.41, 5.74) is 8.31. The van der Waals surface area contributed by atoms with Crippen molar-refractivity contribution in [3.63, 3.8) is 0 Å². The van der Waals surface area contributed by atoms with Crippen molar-refractivity contribution in [1.29, 1.82) is 0 Å². The van der Waals surface area contributed by atoms with Crippen LogP contribution in [0.1, 0.15) is 22.3 Å². The molecule has 1 nitrogen and oxygen atoms in total. The molecule has 0 aliphatic heterocycles. The Bertz CT molecular complexity index is 624. The lowest BCUT2D eigenvalue weighted by atomic mass is 9.87. The van der Waals surface area contributed by atoms with E-state index < -0.39 is 17.2 Å². The van der Waals surface area contributed by atoms with E-state index in [1.54, 1.807) is 19.1 Å². The first-order valence-corrected chi connectivity index (χ1v) is 6.32. The second kappa shape index (κ2) is 4.14. The summed E-state index contributed by atoms with van der Waals surface area (Å²) < 4.78 is 27.8. The van der Waals surface area contributed by atoms with Crippen LogP contribution in [0.3, 0.4) is 0 Å². The third kappa shape index (κ3) is 1.85. The molecular weight excluding hydrogens is 244 g/mol. The Morgan fingerprint density at radius 3 is 2.11 bits per heavy atom. The van der Waals surface area contributed by atoms with Crippen LogP contribution in [0.5, 0.6) is 0 Å². The Balaban J connectivity index is 2.07. The highest BCUT2D eigenvalue weighted by molar-refractivity contribution is 5.42. The zero-order valence-corrected chi connectivity index (χ0v) is 10.7. The van der Waals surface area contributed by atoms with E-state index in [9.17, 15) is 8.78 Å². The van der Waals surface area contributed by atoms with E-state index in [1.807, 2.05) is 24.3 Å². The molecule has 0 spiro atoms. The van der Waals surface area contributed by atoms with Crippen molar-refractivity contribution in [2.45, 2.75) is 25.3 Å². The van der Waals surface area contributed by atoms with E-state index in [4.69, 9.17) is 5.73 Å². The summed E-state index contributed by atoms with van der Waals surface area (Å²) in [5.74, 6) is -1.60. The molecule has 0 saturated heterocycles. The number of fused-ring (bicyclic) bond motifs is 1. The van der Waals surface area contributed by atoms with Gasteiger partial charge in [-0.1, -0.05) is 36.4 Å². The molecule has 0 amide bonds. The van der Waals surface area contributed by atoms with E-state index in [-0.39, 0.29) is 5.56 Å². The predicted molar refractivity (Wildman–Crippen MR) is 70.8 cm³/mol. The normalized spacial score (nSPS) is 16.4. The highest BCUT2D eigenvalue weighted by Gasteiger charge is 2.37. The van der Waals surface area contributed by atoms with Crippen LogP contribution in [0.15, 0.2) is 36.4 Å². The lowest BCUT2D eigenvalue weighted by molar-refractivity contribution is 0.417. The first kappa shape index (κ1) is 12.3. The molecule has 0 saturated carbocycles. The predicted octanol–water partition coefficient (Wildman–Crippen LogP) is 3.23. The van der Waals surface area contributed by atoms with Crippen molar-refractivity contribution in [3.8, 4) is 0 Å². The molecule has 3 heteroatoms. The monoisotopic (exact) mass is 259 g/mol. The summed E-state index contributed by atoms with van der Waals surface area (Å²) in [5, 5.41) is 0. The van der Waals surface area contributed by atoms with Crippen LogP contribution in [0.2, 0.25) is 0 Å². The molecule has 0 atom stereocenters. The second-order valence-corrected chi connectivity index (χ2v) is 5.34. The summed E-state index contributed by atoms with van der Waals surface area (Å²) in [4.78, 5) is 0. The van der Waals surface area contributed by atoms with Crippen LogP contribution in [0.4, 0.5) is 8.78 Å². The molecule has 0 aromatic heterocycles. The van der Waals surface area contributed by atoms with Gasteiger partial charge in [0.1, 0.15) is 0 Å². The van der Waals surface area contributed by atoms with E-state index in [2.05, 4.69) is 0 Å². The van der Waals surface area contributed by atoms with Gasteiger partial charge < -0.3 is 5.73 Å². The number of benzene rings is 2. The van der Waals surface area contributed by atoms with Gasteiger partial charge in [-0.3, -0.25) is 0 Å². The summed E-state index contributed by atoms with van der Waals surface area (Å²) in [6.07, 6.45) is 1.09. The summed E-state index contributed by atoms with van der Waals surface area (Å²) >= 11 is 0. The third-order valence-electron chi connectivity index (χ3n) is 3.94. The maximum absolute atomic E-state index is 14.1. The number of halogens is 2. The molecule has 1 aliphatic rings. The molecule has 0 fully saturated rings. The van der Waals surface area contributed by atoms with Crippen LogP contribution in [-0.4, -0.2) is 0 Å². The molecule has 1 aliphatic carbocycles. The molecular formula is C16H15F2N. The van der Waals surface area contributed by atoms with Crippen LogP contribution in [0.25, 0.3) is 0 Å². The number of hydrogen-bond acceptors (Lipinski definition) is 1. The van der Waals surface area contributed by atoms with Crippen molar-refractivity contribution in [1.82, 2.24) is 0 Å². The van der Waals surface area contributed by atoms with Crippen molar-refractivity contribution in [2.75, 3.05) is 0 Å². The lowest BCUT2D eigenvalue weighted by Gasteiger charge is -2.25. The van der Waals surface area contributed by atoms with Gasteiger partial charge in [0.2, 0.25) is 0 Å². The smallest absolute Gasteiger partial charge is 0.164 e. The Hall–Kier alpha value is -1.74. The van der Waals surface area contributed by atoms with Crippen LogP contribution in [-0.2, 0) is 18.4 Å². The topological polar surface area (TPSA) is 26.0 Å². The minimum absolute atomic E-state index is 0.270. The van der Waals surface area contributed by atoms with E-state index in [0.717, 1.165) is 11.1 Å². The SMILES string of the molecule is Cc1ccc(C2(N)Cc3ccccc3C2)c(F)c1F. The molecule has 0 bridgehead atoms. The van der Waals surface area contributed by atoms with Crippen molar-refractivity contribution >= 4 is 0 Å². The average Bonchev–Trinajstić information content (AvgIpc) is 2.73. The van der Waals surface area contributed by atoms with Crippen LogP contribution < -0.4 is 5.73 Å². The van der Waals surface area contributed by atoms with E-state index in [0.29, 0.717) is 18.4 Å². The fourth-order valence-electron chi connectivity index (χ4n) is 2.87. The van der Waals surface area contributed by atoms with E-state index >= 15 is 0 Å². The van der Waals surface area contributed by atoms with Gasteiger partial charge in [0.15, 0.2) is 11.6 Å². The van der Waals surface area contributed by atoms with Gasteiger partial charge in [-0.05, 0) is 36.5 Å². The maximum Gasteiger partial charge on any atom is 0.164 e. The molecule has 0 radical (unpaired) electrons. The highest BCUT2D eigenvalue weighted by atomic mass is 19.2. The second-order valence-electron chi connectivity index (χ2n) is 5.34. The number of hydrogen-bond donors (Lipinski definition) is 1. The van der Waals surface area contributed by atoms with Gasteiger partial charge >= 0.3 is 0 Å². The van der Waals surface area contributed by atoms with Gasteiger partial charge in [-0.2, -0.15) is 0 Å². The number of nitrogens with two attached hydrogens (primary N) is 1. The van der Waals surface area contributed by atoms with Gasteiger partial charge in [-0.15, -0.1) is 0 Å². The summed E-state index contributed by atoms with van der Waals surface area (Å²) in [6.45, 7) is 1.55. The number of aryl methyl sites for hydroxylation is 1. The van der Waals surface area contributed by atoms with Gasteiger partial charge in [-0.25, -0.2) is 8.78 Å². The molecule has 2 aromatic rings. The third-order valence-corrected chi connectivity index (χ3v) is 3.94. The van der Waals surface area contributed by atoms with Crippen molar-refractivity contribution in [3.05, 3.63) is 70.3 Å². The lowest BCUT2D eigenvalue weighted by Crippen LogP contribution is -2.38. The zero-order chi connectivity index (χ0) is 13.6. The van der Waals surface area contributed by atoms with Crippen molar-refractivity contribution < 1.29 is 8.78 Å².